The zero-order valence-corrected chi connectivity index (χ0v) is 29.7. The zero-order valence-electron chi connectivity index (χ0n) is 27.3. The van der Waals surface area contributed by atoms with Gasteiger partial charge in [0.05, 0.1) is 22.2 Å². The maximum Gasteiger partial charge on any atom is 0.264 e. The number of hydrogen-bond donors (Lipinski definition) is 1. The van der Waals surface area contributed by atoms with Crippen molar-refractivity contribution in [3.05, 3.63) is 124 Å². The number of carbonyl (C=O) groups is 2. The molecule has 1 N–H and O–H groups in total. The Morgan fingerprint density at radius 2 is 1.51 bits per heavy atom. The van der Waals surface area contributed by atoms with Gasteiger partial charge >= 0.3 is 0 Å². The Hall–Kier alpha value is -4.15. The van der Waals surface area contributed by atoms with E-state index >= 15 is 0 Å². The van der Waals surface area contributed by atoms with Crippen LogP contribution in [0.1, 0.15) is 42.0 Å². The van der Waals surface area contributed by atoms with Gasteiger partial charge in [0.25, 0.3) is 10.0 Å². The maximum absolute atomic E-state index is 14.6. The van der Waals surface area contributed by atoms with Crippen LogP contribution < -0.4 is 14.4 Å². The average molecular weight is 721 g/mol. The summed E-state index contributed by atoms with van der Waals surface area (Å²) in [7, 11) is -2.75. The standard InChI is InChI=1S/C37H42BrN3O5S/c1-5-6-22-39-37(43)34(23-29-10-8-7-9-11-29)40(25-30-16-12-27(2)13-17-30)36(42)26-41(31-18-14-28(3)15-19-31)47(44,45)32-20-21-35(46-4)33(38)24-32/h7-21,24,34H,5-6,22-23,25-26H2,1-4H3,(H,39,43)/t34-/m1/s1. The Labute approximate surface area is 286 Å². The van der Waals surface area contributed by atoms with Crippen LogP contribution in [0.4, 0.5) is 5.69 Å². The molecule has 0 aliphatic carbocycles. The monoisotopic (exact) mass is 719 g/mol. The third kappa shape index (κ3) is 9.45. The van der Waals surface area contributed by atoms with Crippen LogP contribution in [-0.2, 0) is 32.6 Å². The SMILES string of the molecule is CCCCNC(=O)[C@@H](Cc1ccccc1)N(Cc1ccc(C)cc1)C(=O)CN(c1ccc(C)cc1)S(=O)(=O)c1ccc(OC)c(Br)c1. The number of benzene rings is 4. The van der Waals surface area contributed by atoms with Crippen molar-refractivity contribution in [2.24, 2.45) is 0 Å². The first-order valence-corrected chi connectivity index (χ1v) is 17.9. The summed E-state index contributed by atoms with van der Waals surface area (Å²) in [4.78, 5) is 30.0. The number of ether oxygens (including phenoxy) is 1. The largest absolute Gasteiger partial charge is 0.496 e. The summed E-state index contributed by atoms with van der Waals surface area (Å²) in [5.41, 5.74) is 4.05. The average Bonchev–Trinajstić information content (AvgIpc) is 3.07. The quantitative estimate of drug-likeness (QED) is 0.136. The number of sulfonamides is 1. The van der Waals surface area contributed by atoms with Crippen molar-refractivity contribution >= 4 is 43.5 Å². The first-order valence-electron chi connectivity index (χ1n) is 15.6. The van der Waals surface area contributed by atoms with Crippen molar-refractivity contribution in [3.8, 4) is 5.75 Å². The number of aryl methyl sites for hydroxylation is 2. The number of nitrogens with zero attached hydrogens (tertiary/aromatic N) is 2. The summed E-state index contributed by atoms with van der Waals surface area (Å²) in [5.74, 6) is -0.315. The van der Waals surface area contributed by atoms with E-state index in [-0.39, 0.29) is 23.8 Å². The highest BCUT2D eigenvalue weighted by atomic mass is 79.9. The van der Waals surface area contributed by atoms with E-state index in [0.29, 0.717) is 22.5 Å². The fourth-order valence-electron chi connectivity index (χ4n) is 5.12. The molecule has 0 saturated carbocycles. The van der Waals surface area contributed by atoms with Gasteiger partial charge in [0.15, 0.2) is 0 Å². The minimum Gasteiger partial charge on any atom is -0.496 e. The van der Waals surface area contributed by atoms with Gasteiger partial charge in [-0.25, -0.2) is 8.42 Å². The number of nitrogens with one attached hydrogen (secondary N) is 1. The molecule has 4 rings (SSSR count). The van der Waals surface area contributed by atoms with Crippen molar-refractivity contribution in [3.63, 3.8) is 0 Å². The second-order valence-electron chi connectivity index (χ2n) is 11.5. The van der Waals surface area contributed by atoms with Gasteiger partial charge in [0.1, 0.15) is 18.3 Å². The first-order chi connectivity index (χ1) is 22.5. The number of halogens is 1. The van der Waals surface area contributed by atoms with Crippen LogP contribution >= 0.6 is 15.9 Å². The highest BCUT2D eigenvalue weighted by molar-refractivity contribution is 9.10. The molecule has 10 heteroatoms. The van der Waals surface area contributed by atoms with Crippen molar-refractivity contribution in [2.45, 2.75) is 57.5 Å². The highest BCUT2D eigenvalue weighted by Crippen LogP contribution is 2.31. The van der Waals surface area contributed by atoms with Gasteiger partial charge in [-0.1, -0.05) is 91.2 Å². The minimum absolute atomic E-state index is 0.0122. The number of carbonyl (C=O) groups excluding carboxylic acids is 2. The van der Waals surface area contributed by atoms with E-state index in [1.165, 1.54) is 24.1 Å². The Balaban J connectivity index is 1.79. The molecule has 0 unspecified atom stereocenters. The van der Waals surface area contributed by atoms with Gasteiger partial charge in [-0.3, -0.25) is 13.9 Å². The van der Waals surface area contributed by atoms with E-state index in [0.717, 1.165) is 39.4 Å². The van der Waals surface area contributed by atoms with Gasteiger partial charge in [-0.2, -0.15) is 0 Å². The molecule has 0 fully saturated rings. The van der Waals surface area contributed by atoms with Crippen LogP contribution in [0.5, 0.6) is 5.75 Å². The van der Waals surface area contributed by atoms with E-state index in [1.807, 2.05) is 75.4 Å². The summed E-state index contributed by atoms with van der Waals surface area (Å²) in [5, 5.41) is 3.02. The lowest BCUT2D eigenvalue weighted by atomic mass is 10.0. The van der Waals surface area contributed by atoms with Crippen LogP contribution in [0.2, 0.25) is 0 Å². The number of hydrogen-bond acceptors (Lipinski definition) is 5. The topological polar surface area (TPSA) is 96.0 Å². The van der Waals surface area contributed by atoms with Crippen LogP contribution in [0.15, 0.2) is 106 Å². The number of amides is 2. The third-order valence-electron chi connectivity index (χ3n) is 7.89. The molecular formula is C37H42BrN3O5S. The fourth-order valence-corrected chi connectivity index (χ4v) is 7.26. The molecule has 248 valence electrons. The molecule has 0 saturated heterocycles. The molecule has 0 aliphatic rings. The molecule has 0 bridgehead atoms. The van der Waals surface area contributed by atoms with Crippen molar-refractivity contribution in [1.29, 1.82) is 0 Å². The molecular weight excluding hydrogens is 678 g/mol. The smallest absolute Gasteiger partial charge is 0.264 e. The van der Waals surface area contributed by atoms with E-state index in [2.05, 4.69) is 21.2 Å². The molecule has 0 aromatic heterocycles. The lowest BCUT2D eigenvalue weighted by molar-refractivity contribution is -0.140. The summed E-state index contributed by atoms with van der Waals surface area (Å²) in [6.45, 7) is 6.00. The number of unbranched alkanes of at least 4 members (excludes halogenated alkanes) is 1. The van der Waals surface area contributed by atoms with Crippen molar-refractivity contribution in [2.75, 3.05) is 24.5 Å². The van der Waals surface area contributed by atoms with Crippen LogP contribution in [0.25, 0.3) is 0 Å². The lowest BCUT2D eigenvalue weighted by Gasteiger charge is -2.34. The number of methoxy groups -OCH3 is 1. The van der Waals surface area contributed by atoms with Crippen molar-refractivity contribution in [1.82, 2.24) is 10.2 Å². The van der Waals surface area contributed by atoms with Gasteiger partial charge in [-0.15, -0.1) is 0 Å². The molecule has 0 spiro atoms. The third-order valence-corrected chi connectivity index (χ3v) is 10.3. The van der Waals surface area contributed by atoms with Crippen LogP contribution in [0, 0.1) is 13.8 Å². The van der Waals surface area contributed by atoms with E-state index in [1.54, 1.807) is 30.3 Å². The predicted molar refractivity (Wildman–Crippen MR) is 190 cm³/mol. The molecule has 8 nitrogen and oxygen atoms in total. The Bertz CT molecular complexity index is 1750. The van der Waals surface area contributed by atoms with E-state index in [4.69, 9.17) is 4.74 Å². The Morgan fingerprint density at radius 3 is 2.11 bits per heavy atom. The maximum atomic E-state index is 14.6. The van der Waals surface area contributed by atoms with Gasteiger partial charge in [-0.05, 0) is 77.7 Å². The van der Waals surface area contributed by atoms with E-state index < -0.39 is 28.5 Å². The van der Waals surface area contributed by atoms with Crippen LogP contribution in [-0.4, -0.2) is 51.4 Å². The second-order valence-corrected chi connectivity index (χ2v) is 14.2. The summed E-state index contributed by atoms with van der Waals surface area (Å²) in [6, 6.07) is 27.8. The molecule has 0 heterocycles. The Kier molecular flexibility index (Phi) is 12.6. The normalized spacial score (nSPS) is 11.9. The molecule has 1 atom stereocenters. The summed E-state index contributed by atoms with van der Waals surface area (Å²) in [6.07, 6.45) is 1.96. The minimum atomic E-state index is -4.24. The lowest BCUT2D eigenvalue weighted by Crippen LogP contribution is -2.53. The van der Waals surface area contributed by atoms with Gasteiger partial charge in [0.2, 0.25) is 11.8 Å². The summed E-state index contributed by atoms with van der Waals surface area (Å²) >= 11 is 3.40. The molecule has 4 aromatic carbocycles. The Morgan fingerprint density at radius 1 is 0.872 bits per heavy atom. The molecule has 47 heavy (non-hydrogen) atoms. The van der Waals surface area contributed by atoms with Gasteiger partial charge in [0, 0.05) is 19.5 Å². The van der Waals surface area contributed by atoms with Crippen LogP contribution in [0.3, 0.4) is 0 Å². The summed E-state index contributed by atoms with van der Waals surface area (Å²) < 4.78 is 35.5. The molecule has 0 aliphatic heterocycles. The number of anilines is 1. The predicted octanol–water partition coefficient (Wildman–Crippen LogP) is 6.83. The highest BCUT2D eigenvalue weighted by Gasteiger charge is 2.34. The number of rotatable bonds is 15. The van der Waals surface area contributed by atoms with Crippen molar-refractivity contribution < 1.29 is 22.7 Å². The second kappa shape index (κ2) is 16.6. The molecule has 2 amide bonds. The van der Waals surface area contributed by atoms with E-state index in [9.17, 15) is 18.0 Å². The van der Waals surface area contributed by atoms with Gasteiger partial charge < -0.3 is 15.0 Å². The fraction of sp³-hybridized carbons (Fsp3) is 0.297. The molecule has 4 aromatic rings. The molecule has 0 radical (unpaired) electrons. The zero-order chi connectivity index (χ0) is 34.0. The first kappa shape index (κ1) is 35.7.